The number of hydrogen-bond acceptors (Lipinski definition) is 4. The minimum Gasteiger partial charge on any atom is -0.482 e. The fourth-order valence-corrected chi connectivity index (χ4v) is 2.84. The molecule has 18 heavy (non-hydrogen) atoms. The Labute approximate surface area is 116 Å². The molecule has 3 rings (SSSR count). The highest BCUT2D eigenvalue weighted by Gasteiger charge is 2.22. The van der Waals surface area contributed by atoms with E-state index in [1.54, 1.807) is 11.9 Å². The SMILES string of the molecule is CN1C(=O)COc2ccc(-c3csc(Br)n3)cc21. The normalized spacial score (nSPS) is 14.3. The lowest BCUT2D eigenvalue weighted by molar-refractivity contribution is -0.120. The molecule has 0 aliphatic carbocycles. The van der Waals surface area contributed by atoms with E-state index in [2.05, 4.69) is 20.9 Å². The summed E-state index contributed by atoms with van der Waals surface area (Å²) in [6.45, 7) is 0.102. The van der Waals surface area contributed by atoms with Crippen molar-refractivity contribution < 1.29 is 9.53 Å². The highest BCUT2D eigenvalue weighted by atomic mass is 79.9. The van der Waals surface area contributed by atoms with Gasteiger partial charge < -0.3 is 9.64 Å². The number of nitrogens with zero attached hydrogens (tertiary/aromatic N) is 2. The van der Waals surface area contributed by atoms with E-state index in [1.807, 2.05) is 23.6 Å². The highest BCUT2D eigenvalue weighted by Crippen LogP contribution is 2.35. The van der Waals surface area contributed by atoms with Crippen LogP contribution in [0.5, 0.6) is 5.75 Å². The van der Waals surface area contributed by atoms with Gasteiger partial charge in [0.25, 0.3) is 5.91 Å². The Bertz CT molecular complexity index is 626. The predicted octanol–water partition coefficient (Wildman–Crippen LogP) is 2.93. The first-order valence-electron chi connectivity index (χ1n) is 5.30. The zero-order chi connectivity index (χ0) is 12.7. The van der Waals surface area contributed by atoms with Gasteiger partial charge in [0.2, 0.25) is 0 Å². The number of fused-ring (bicyclic) bond motifs is 1. The Kier molecular flexibility index (Phi) is 2.83. The van der Waals surface area contributed by atoms with Gasteiger partial charge in [0, 0.05) is 18.0 Å². The number of amides is 1. The van der Waals surface area contributed by atoms with Crippen molar-refractivity contribution in [1.29, 1.82) is 0 Å². The van der Waals surface area contributed by atoms with Crippen molar-refractivity contribution in [2.24, 2.45) is 0 Å². The van der Waals surface area contributed by atoms with Crippen LogP contribution in [0.4, 0.5) is 5.69 Å². The fourth-order valence-electron chi connectivity index (χ4n) is 1.82. The van der Waals surface area contributed by atoms with Crippen LogP contribution >= 0.6 is 27.3 Å². The van der Waals surface area contributed by atoms with E-state index in [4.69, 9.17) is 4.74 Å². The molecule has 0 N–H and O–H groups in total. The Morgan fingerprint density at radius 2 is 2.33 bits per heavy atom. The molecule has 1 aromatic heterocycles. The van der Waals surface area contributed by atoms with Crippen molar-refractivity contribution >= 4 is 38.9 Å². The second kappa shape index (κ2) is 4.37. The molecule has 0 bridgehead atoms. The van der Waals surface area contributed by atoms with Gasteiger partial charge in [-0.05, 0) is 34.1 Å². The van der Waals surface area contributed by atoms with E-state index in [0.29, 0.717) is 0 Å². The van der Waals surface area contributed by atoms with E-state index in [1.165, 1.54) is 11.3 Å². The van der Waals surface area contributed by atoms with Gasteiger partial charge >= 0.3 is 0 Å². The standard InChI is InChI=1S/C12H9BrN2O2S/c1-15-9-4-7(8-6-18-12(13)14-8)2-3-10(9)17-5-11(15)16/h2-4,6H,5H2,1H3. The van der Waals surface area contributed by atoms with Crippen LogP contribution in [0.25, 0.3) is 11.3 Å². The highest BCUT2D eigenvalue weighted by molar-refractivity contribution is 9.11. The summed E-state index contributed by atoms with van der Waals surface area (Å²) >= 11 is 4.88. The number of hydrogen-bond donors (Lipinski definition) is 0. The van der Waals surface area contributed by atoms with E-state index < -0.39 is 0 Å². The van der Waals surface area contributed by atoms with Crippen LogP contribution in [-0.2, 0) is 4.79 Å². The molecule has 92 valence electrons. The third kappa shape index (κ3) is 1.91. The molecule has 0 unspecified atom stereocenters. The molecule has 1 aromatic carbocycles. The first-order valence-corrected chi connectivity index (χ1v) is 6.97. The fraction of sp³-hybridized carbons (Fsp3) is 0.167. The van der Waals surface area contributed by atoms with E-state index in [9.17, 15) is 4.79 Å². The molecule has 6 heteroatoms. The molecule has 0 spiro atoms. The number of carbonyl (C=O) groups excluding carboxylic acids is 1. The topological polar surface area (TPSA) is 42.4 Å². The monoisotopic (exact) mass is 324 g/mol. The molecule has 1 aliphatic heterocycles. The van der Waals surface area contributed by atoms with Crippen LogP contribution in [0.2, 0.25) is 0 Å². The summed E-state index contributed by atoms with van der Waals surface area (Å²) in [4.78, 5) is 17.6. The quantitative estimate of drug-likeness (QED) is 0.810. The molecule has 0 atom stereocenters. The van der Waals surface area contributed by atoms with Crippen molar-refractivity contribution in [3.8, 4) is 17.0 Å². The van der Waals surface area contributed by atoms with Crippen molar-refractivity contribution in [2.75, 3.05) is 18.6 Å². The summed E-state index contributed by atoms with van der Waals surface area (Å²) in [6.07, 6.45) is 0. The summed E-state index contributed by atoms with van der Waals surface area (Å²) in [5.41, 5.74) is 2.65. The summed E-state index contributed by atoms with van der Waals surface area (Å²) in [5, 5.41) is 1.97. The first kappa shape index (κ1) is 11.7. The zero-order valence-electron chi connectivity index (χ0n) is 9.51. The average Bonchev–Trinajstić information content (AvgIpc) is 2.80. The van der Waals surface area contributed by atoms with Gasteiger partial charge in [0.1, 0.15) is 5.75 Å². The smallest absolute Gasteiger partial charge is 0.264 e. The van der Waals surface area contributed by atoms with Gasteiger partial charge in [0.15, 0.2) is 10.5 Å². The van der Waals surface area contributed by atoms with Crippen LogP contribution in [0.1, 0.15) is 0 Å². The summed E-state index contributed by atoms with van der Waals surface area (Å²) in [6, 6.07) is 5.75. The zero-order valence-corrected chi connectivity index (χ0v) is 11.9. The summed E-state index contributed by atoms with van der Waals surface area (Å²) < 4.78 is 6.23. The molecule has 0 fully saturated rings. The molecule has 2 heterocycles. The summed E-state index contributed by atoms with van der Waals surface area (Å²) in [5.74, 6) is 0.689. The van der Waals surface area contributed by atoms with Crippen LogP contribution in [0, 0.1) is 0 Å². The first-order chi connectivity index (χ1) is 8.65. The number of rotatable bonds is 1. The third-order valence-corrected chi connectivity index (χ3v) is 4.18. The average molecular weight is 325 g/mol. The molecular weight excluding hydrogens is 316 g/mol. The maximum Gasteiger partial charge on any atom is 0.264 e. The van der Waals surface area contributed by atoms with Crippen LogP contribution in [-0.4, -0.2) is 24.5 Å². The van der Waals surface area contributed by atoms with Crippen LogP contribution in [0.15, 0.2) is 27.5 Å². The van der Waals surface area contributed by atoms with Crippen molar-refractivity contribution in [2.45, 2.75) is 0 Å². The molecule has 0 saturated carbocycles. The molecule has 4 nitrogen and oxygen atoms in total. The van der Waals surface area contributed by atoms with Gasteiger partial charge in [-0.15, -0.1) is 11.3 Å². The number of thiazole rings is 1. The van der Waals surface area contributed by atoms with Crippen LogP contribution < -0.4 is 9.64 Å². The molecule has 2 aromatic rings. The molecule has 1 aliphatic rings. The van der Waals surface area contributed by atoms with Gasteiger partial charge in [0.05, 0.1) is 11.4 Å². The van der Waals surface area contributed by atoms with Crippen molar-refractivity contribution in [1.82, 2.24) is 4.98 Å². The predicted molar refractivity (Wildman–Crippen MR) is 74.2 cm³/mol. The number of aromatic nitrogens is 1. The van der Waals surface area contributed by atoms with Gasteiger partial charge in [-0.2, -0.15) is 0 Å². The number of likely N-dealkylation sites (N-methyl/N-ethyl adjacent to an activating group) is 1. The second-order valence-corrected chi connectivity index (χ2v) is 6.04. The number of carbonyl (C=O) groups is 1. The lowest BCUT2D eigenvalue weighted by Crippen LogP contribution is -2.35. The number of ether oxygens (including phenoxy) is 1. The van der Waals surface area contributed by atoms with Crippen LogP contribution in [0.3, 0.4) is 0 Å². The maximum absolute atomic E-state index is 11.6. The van der Waals surface area contributed by atoms with E-state index in [0.717, 1.165) is 26.6 Å². The lowest BCUT2D eigenvalue weighted by atomic mass is 10.1. The number of benzene rings is 1. The van der Waals surface area contributed by atoms with E-state index in [-0.39, 0.29) is 12.5 Å². The Hall–Kier alpha value is -1.40. The van der Waals surface area contributed by atoms with Gasteiger partial charge in [-0.25, -0.2) is 4.98 Å². The second-order valence-electron chi connectivity index (χ2n) is 3.91. The Morgan fingerprint density at radius 1 is 1.50 bits per heavy atom. The Balaban J connectivity index is 2.07. The number of anilines is 1. The minimum absolute atomic E-state index is 0.0425. The van der Waals surface area contributed by atoms with Crippen molar-refractivity contribution in [3.05, 3.63) is 27.5 Å². The third-order valence-electron chi connectivity index (χ3n) is 2.82. The summed E-state index contributed by atoms with van der Waals surface area (Å²) in [7, 11) is 1.75. The minimum atomic E-state index is -0.0425. The van der Waals surface area contributed by atoms with Gasteiger partial charge in [-0.3, -0.25) is 4.79 Å². The Morgan fingerprint density at radius 3 is 3.06 bits per heavy atom. The van der Waals surface area contributed by atoms with Crippen molar-refractivity contribution in [3.63, 3.8) is 0 Å². The largest absolute Gasteiger partial charge is 0.482 e. The lowest BCUT2D eigenvalue weighted by Gasteiger charge is -2.26. The number of halogens is 1. The van der Waals surface area contributed by atoms with E-state index >= 15 is 0 Å². The molecule has 0 saturated heterocycles. The molecule has 1 amide bonds. The maximum atomic E-state index is 11.6. The molecular formula is C12H9BrN2O2S. The molecule has 0 radical (unpaired) electrons. The van der Waals surface area contributed by atoms with Gasteiger partial charge in [-0.1, -0.05) is 0 Å².